The van der Waals surface area contributed by atoms with Gasteiger partial charge in [0.05, 0.1) is 5.75 Å². The zero-order chi connectivity index (χ0) is 19.2. The lowest BCUT2D eigenvalue weighted by atomic mass is 10.1. The van der Waals surface area contributed by atoms with Crippen molar-refractivity contribution in [2.75, 3.05) is 11.1 Å². The number of thioether (sulfide) groups is 1. The lowest BCUT2D eigenvalue weighted by Gasteiger charge is -2.20. The van der Waals surface area contributed by atoms with Gasteiger partial charge in [0, 0.05) is 11.2 Å². The van der Waals surface area contributed by atoms with E-state index in [0.29, 0.717) is 9.47 Å². The molecule has 0 spiro atoms. The van der Waals surface area contributed by atoms with E-state index in [-0.39, 0.29) is 11.7 Å². The Balaban J connectivity index is 1.80. The van der Waals surface area contributed by atoms with Gasteiger partial charge in [-0.15, -0.1) is 10.2 Å². The topological polar surface area (TPSA) is 96.0 Å². The highest BCUT2D eigenvalue weighted by Gasteiger charge is 2.16. The SMILES string of the molecule is CCc1ccc(Nc2nnc(SCC(=O)NC(=O)NC(C)(C)C)s2)cc1. The van der Waals surface area contributed by atoms with Gasteiger partial charge in [-0.1, -0.05) is 42.2 Å². The van der Waals surface area contributed by atoms with Crippen LogP contribution in [0, 0.1) is 0 Å². The molecule has 0 aliphatic carbocycles. The van der Waals surface area contributed by atoms with E-state index in [4.69, 9.17) is 0 Å². The van der Waals surface area contributed by atoms with Gasteiger partial charge >= 0.3 is 6.03 Å². The monoisotopic (exact) mass is 393 g/mol. The van der Waals surface area contributed by atoms with Crippen LogP contribution in [-0.2, 0) is 11.2 Å². The summed E-state index contributed by atoms with van der Waals surface area (Å²) < 4.78 is 0.657. The summed E-state index contributed by atoms with van der Waals surface area (Å²) in [7, 11) is 0. The standard InChI is InChI=1S/C17H23N5O2S2/c1-5-11-6-8-12(9-7-11)18-15-21-22-16(26-15)25-10-13(23)19-14(24)20-17(2,3)4/h6-9H,5,10H2,1-4H3,(H,18,21)(H2,19,20,23,24). The first-order valence-electron chi connectivity index (χ1n) is 8.19. The molecule has 0 unspecified atom stereocenters. The van der Waals surface area contributed by atoms with Gasteiger partial charge < -0.3 is 10.6 Å². The fourth-order valence-electron chi connectivity index (χ4n) is 1.93. The van der Waals surface area contributed by atoms with Crippen molar-refractivity contribution in [3.63, 3.8) is 0 Å². The number of anilines is 2. The van der Waals surface area contributed by atoms with E-state index in [2.05, 4.69) is 45.2 Å². The molecule has 1 aromatic heterocycles. The van der Waals surface area contributed by atoms with E-state index in [9.17, 15) is 9.59 Å². The maximum absolute atomic E-state index is 11.8. The number of nitrogens with zero attached hydrogens (tertiary/aromatic N) is 2. The van der Waals surface area contributed by atoms with Gasteiger partial charge in [-0.2, -0.15) is 0 Å². The van der Waals surface area contributed by atoms with Gasteiger partial charge in [-0.25, -0.2) is 4.79 Å². The van der Waals surface area contributed by atoms with Crippen LogP contribution < -0.4 is 16.0 Å². The summed E-state index contributed by atoms with van der Waals surface area (Å²) in [5.74, 6) is -0.283. The Morgan fingerprint density at radius 2 is 1.85 bits per heavy atom. The normalized spacial score (nSPS) is 11.1. The molecule has 0 fully saturated rings. The number of hydrogen-bond donors (Lipinski definition) is 3. The first kappa shape index (κ1) is 20.2. The predicted octanol–water partition coefficient (Wildman–Crippen LogP) is 3.56. The number of carbonyl (C=O) groups is 2. The van der Waals surface area contributed by atoms with E-state index >= 15 is 0 Å². The van der Waals surface area contributed by atoms with E-state index in [1.54, 1.807) is 0 Å². The van der Waals surface area contributed by atoms with Crippen molar-refractivity contribution in [3.05, 3.63) is 29.8 Å². The van der Waals surface area contributed by atoms with Crippen LogP contribution in [0.5, 0.6) is 0 Å². The van der Waals surface area contributed by atoms with Gasteiger partial charge in [0.1, 0.15) is 0 Å². The Hall–Kier alpha value is -2.13. The zero-order valence-electron chi connectivity index (χ0n) is 15.3. The molecule has 2 aromatic rings. The van der Waals surface area contributed by atoms with Crippen LogP contribution in [0.1, 0.15) is 33.3 Å². The number of rotatable bonds is 6. The van der Waals surface area contributed by atoms with Crippen LogP contribution in [0.3, 0.4) is 0 Å². The van der Waals surface area contributed by atoms with Crippen LogP contribution in [0.2, 0.25) is 0 Å². The minimum absolute atomic E-state index is 0.0946. The quantitative estimate of drug-likeness (QED) is 0.650. The molecule has 1 aromatic carbocycles. The van der Waals surface area contributed by atoms with Gasteiger partial charge in [-0.05, 0) is 44.9 Å². The Kier molecular flexibility index (Phi) is 6.98. The summed E-state index contributed by atoms with van der Waals surface area (Å²) in [5, 5.41) is 16.9. The molecule has 26 heavy (non-hydrogen) atoms. The minimum Gasteiger partial charge on any atom is -0.333 e. The molecule has 0 saturated carbocycles. The number of carbonyl (C=O) groups excluding carboxylic acids is 2. The molecule has 140 valence electrons. The maximum atomic E-state index is 11.8. The molecule has 0 saturated heterocycles. The summed E-state index contributed by atoms with van der Waals surface area (Å²) >= 11 is 2.60. The first-order chi connectivity index (χ1) is 12.2. The van der Waals surface area contributed by atoms with Crippen LogP contribution >= 0.6 is 23.1 Å². The van der Waals surface area contributed by atoms with Crippen molar-refractivity contribution in [1.82, 2.24) is 20.8 Å². The summed E-state index contributed by atoms with van der Waals surface area (Å²) in [6.45, 7) is 7.64. The summed E-state index contributed by atoms with van der Waals surface area (Å²) in [5.41, 5.74) is 1.81. The molecular formula is C17H23N5O2S2. The number of urea groups is 1. The Bertz CT molecular complexity index is 753. The third-order valence-electron chi connectivity index (χ3n) is 3.09. The second kappa shape index (κ2) is 9.00. The number of hydrogen-bond acceptors (Lipinski definition) is 7. The fraction of sp³-hybridized carbons (Fsp3) is 0.412. The molecule has 1 heterocycles. The second-order valence-electron chi connectivity index (χ2n) is 6.59. The predicted molar refractivity (Wildman–Crippen MR) is 106 cm³/mol. The molecule has 0 aliphatic heterocycles. The smallest absolute Gasteiger partial charge is 0.321 e. The van der Waals surface area contributed by atoms with Crippen molar-refractivity contribution >= 4 is 45.9 Å². The molecule has 2 rings (SSSR count). The van der Waals surface area contributed by atoms with Crippen LogP contribution in [0.15, 0.2) is 28.6 Å². The highest BCUT2D eigenvalue weighted by molar-refractivity contribution is 8.01. The summed E-state index contributed by atoms with van der Waals surface area (Å²) in [6, 6.07) is 7.61. The molecule has 0 radical (unpaired) electrons. The third-order valence-corrected chi connectivity index (χ3v) is 5.06. The summed E-state index contributed by atoms with van der Waals surface area (Å²) in [4.78, 5) is 23.5. The molecule has 0 aliphatic rings. The van der Waals surface area contributed by atoms with Gasteiger partial charge in [-0.3, -0.25) is 10.1 Å². The largest absolute Gasteiger partial charge is 0.333 e. The van der Waals surface area contributed by atoms with E-state index < -0.39 is 11.6 Å². The van der Waals surface area contributed by atoms with Crippen molar-refractivity contribution in [1.29, 1.82) is 0 Å². The molecule has 3 N–H and O–H groups in total. The third kappa shape index (κ3) is 7.01. The number of nitrogens with one attached hydrogen (secondary N) is 3. The fourth-order valence-corrected chi connectivity index (χ4v) is 3.50. The Morgan fingerprint density at radius 1 is 1.15 bits per heavy atom. The van der Waals surface area contributed by atoms with Crippen molar-refractivity contribution < 1.29 is 9.59 Å². The molecule has 0 bridgehead atoms. The van der Waals surface area contributed by atoms with Crippen LogP contribution in [0.4, 0.5) is 15.6 Å². The zero-order valence-corrected chi connectivity index (χ0v) is 16.9. The molecular weight excluding hydrogens is 370 g/mol. The molecule has 9 heteroatoms. The molecule has 7 nitrogen and oxygen atoms in total. The van der Waals surface area contributed by atoms with Crippen molar-refractivity contribution in [2.24, 2.45) is 0 Å². The highest BCUT2D eigenvalue weighted by Crippen LogP contribution is 2.27. The molecule has 3 amide bonds. The van der Waals surface area contributed by atoms with Crippen molar-refractivity contribution in [2.45, 2.75) is 44.0 Å². The lowest BCUT2D eigenvalue weighted by molar-refractivity contribution is -0.117. The number of benzene rings is 1. The van der Waals surface area contributed by atoms with E-state index in [1.807, 2.05) is 32.9 Å². The number of aryl methyl sites for hydroxylation is 1. The molecule has 0 atom stereocenters. The average Bonchev–Trinajstić information content (AvgIpc) is 2.99. The Labute approximate surface area is 161 Å². The van der Waals surface area contributed by atoms with Crippen molar-refractivity contribution in [3.8, 4) is 0 Å². The highest BCUT2D eigenvalue weighted by atomic mass is 32.2. The first-order valence-corrected chi connectivity index (χ1v) is 9.99. The Morgan fingerprint density at radius 3 is 2.46 bits per heavy atom. The number of imide groups is 1. The number of amides is 3. The van der Waals surface area contributed by atoms with E-state index in [0.717, 1.165) is 12.1 Å². The van der Waals surface area contributed by atoms with E-state index in [1.165, 1.54) is 28.7 Å². The number of aromatic nitrogens is 2. The van der Waals surface area contributed by atoms with Crippen LogP contribution in [-0.4, -0.2) is 33.4 Å². The van der Waals surface area contributed by atoms with Crippen LogP contribution in [0.25, 0.3) is 0 Å². The minimum atomic E-state index is -0.502. The van der Waals surface area contributed by atoms with Gasteiger partial charge in [0.15, 0.2) is 4.34 Å². The summed E-state index contributed by atoms with van der Waals surface area (Å²) in [6.07, 6.45) is 0.996. The maximum Gasteiger partial charge on any atom is 0.321 e. The average molecular weight is 394 g/mol. The lowest BCUT2D eigenvalue weighted by Crippen LogP contribution is -2.48. The second-order valence-corrected chi connectivity index (χ2v) is 8.79. The van der Waals surface area contributed by atoms with Gasteiger partial charge in [0.25, 0.3) is 0 Å². The van der Waals surface area contributed by atoms with Gasteiger partial charge in [0.2, 0.25) is 11.0 Å².